The first-order valence-electron chi connectivity index (χ1n) is 5.70. The van der Waals surface area contributed by atoms with Gasteiger partial charge in [-0.2, -0.15) is 4.98 Å². The zero-order valence-corrected chi connectivity index (χ0v) is 9.95. The third-order valence-electron chi connectivity index (χ3n) is 2.94. The van der Waals surface area contributed by atoms with Crippen molar-refractivity contribution >= 4 is 17.1 Å². The molecule has 3 aromatic rings. The number of nitrogen functional groups attached to an aromatic ring is 1. The molecule has 2 heterocycles. The van der Waals surface area contributed by atoms with Crippen molar-refractivity contribution in [2.24, 2.45) is 5.73 Å². The van der Waals surface area contributed by atoms with Crippen molar-refractivity contribution in [3.63, 3.8) is 0 Å². The fourth-order valence-electron chi connectivity index (χ4n) is 1.98. The van der Waals surface area contributed by atoms with Crippen molar-refractivity contribution in [1.29, 1.82) is 0 Å². The van der Waals surface area contributed by atoms with Gasteiger partial charge in [0.2, 0.25) is 5.95 Å². The smallest absolute Gasteiger partial charge is 0.282 e. The first kappa shape index (κ1) is 11.4. The van der Waals surface area contributed by atoms with Crippen LogP contribution in [0.2, 0.25) is 0 Å². The van der Waals surface area contributed by atoms with Crippen LogP contribution in [0.3, 0.4) is 0 Å². The number of anilines is 1. The standard InChI is InChI=1S/C12H12N6O/c13-9(7-4-2-1-3-5-7)18-11(19)8-10(16-6-15-8)17-12(18)14/h1-6,9H,13H2,(H2,14,17)(H,15,16). The molecule has 0 aliphatic rings. The van der Waals surface area contributed by atoms with Gasteiger partial charge in [0.1, 0.15) is 6.17 Å². The van der Waals surface area contributed by atoms with E-state index in [1.165, 1.54) is 10.9 Å². The number of hydrogen-bond acceptors (Lipinski definition) is 5. The zero-order chi connectivity index (χ0) is 13.4. The second kappa shape index (κ2) is 4.21. The molecule has 0 amide bonds. The predicted octanol–water partition coefficient (Wildman–Crippen LogP) is 0.207. The molecule has 0 radical (unpaired) electrons. The fraction of sp³-hybridized carbons (Fsp3) is 0.0833. The maximum atomic E-state index is 12.3. The van der Waals surface area contributed by atoms with E-state index in [2.05, 4.69) is 15.0 Å². The molecule has 0 bridgehead atoms. The Balaban J connectivity index is 2.22. The maximum Gasteiger partial charge on any atom is 0.282 e. The predicted molar refractivity (Wildman–Crippen MR) is 71.3 cm³/mol. The van der Waals surface area contributed by atoms with Crippen LogP contribution < -0.4 is 17.0 Å². The summed E-state index contributed by atoms with van der Waals surface area (Å²) in [6.07, 6.45) is 0.713. The molecule has 3 rings (SSSR count). The van der Waals surface area contributed by atoms with Crippen molar-refractivity contribution in [1.82, 2.24) is 19.5 Å². The molecular weight excluding hydrogens is 244 g/mol. The highest BCUT2D eigenvalue weighted by Gasteiger charge is 2.17. The summed E-state index contributed by atoms with van der Waals surface area (Å²) >= 11 is 0. The van der Waals surface area contributed by atoms with Crippen molar-refractivity contribution < 1.29 is 0 Å². The number of aromatic nitrogens is 4. The summed E-state index contributed by atoms with van der Waals surface area (Å²) in [5, 5.41) is 0. The van der Waals surface area contributed by atoms with E-state index >= 15 is 0 Å². The number of imidazole rings is 1. The van der Waals surface area contributed by atoms with Gasteiger partial charge in [-0.1, -0.05) is 30.3 Å². The van der Waals surface area contributed by atoms with Gasteiger partial charge in [0.05, 0.1) is 6.33 Å². The number of nitrogens with zero attached hydrogens (tertiary/aromatic N) is 3. The Morgan fingerprint density at radius 1 is 1.26 bits per heavy atom. The van der Waals surface area contributed by atoms with Gasteiger partial charge in [-0.15, -0.1) is 0 Å². The average Bonchev–Trinajstić information content (AvgIpc) is 2.88. The minimum atomic E-state index is -0.686. The summed E-state index contributed by atoms with van der Waals surface area (Å²) in [4.78, 5) is 23.0. The lowest BCUT2D eigenvalue weighted by Crippen LogP contribution is -2.33. The molecule has 0 aliphatic heterocycles. The van der Waals surface area contributed by atoms with E-state index in [0.29, 0.717) is 11.2 Å². The Morgan fingerprint density at radius 3 is 2.74 bits per heavy atom. The summed E-state index contributed by atoms with van der Waals surface area (Å²) < 4.78 is 1.25. The SMILES string of the molecule is Nc1nc2nc[nH]c2c(=O)n1C(N)c1ccccc1. The number of hydrogen-bond donors (Lipinski definition) is 3. The summed E-state index contributed by atoms with van der Waals surface area (Å²) in [7, 11) is 0. The minimum Gasteiger partial charge on any atom is -0.369 e. The molecule has 2 aromatic heterocycles. The summed E-state index contributed by atoms with van der Waals surface area (Å²) in [6.45, 7) is 0. The molecule has 0 aliphatic carbocycles. The summed E-state index contributed by atoms with van der Waals surface area (Å²) in [6, 6.07) is 9.22. The van der Waals surface area contributed by atoms with E-state index in [1.807, 2.05) is 30.3 Å². The molecule has 1 unspecified atom stereocenters. The average molecular weight is 256 g/mol. The van der Waals surface area contributed by atoms with Crippen LogP contribution in [0.1, 0.15) is 11.7 Å². The number of nitrogens with one attached hydrogen (secondary N) is 1. The number of fused-ring (bicyclic) bond motifs is 1. The van der Waals surface area contributed by atoms with E-state index in [1.54, 1.807) is 0 Å². The summed E-state index contributed by atoms with van der Waals surface area (Å²) in [5.74, 6) is 0.0425. The Kier molecular flexibility index (Phi) is 2.53. The molecule has 0 saturated carbocycles. The molecule has 0 fully saturated rings. The van der Waals surface area contributed by atoms with Crippen LogP contribution in [0.25, 0.3) is 11.2 Å². The van der Waals surface area contributed by atoms with E-state index in [4.69, 9.17) is 11.5 Å². The molecule has 96 valence electrons. The van der Waals surface area contributed by atoms with Gasteiger partial charge in [0, 0.05) is 0 Å². The van der Waals surface area contributed by atoms with E-state index in [0.717, 1.165) is 5.56 Å². The van der Waals surface area contributed by atoms with Gasteiger partial charge < -0.3 is 16.5 Å². The second-order valence-electron chi connectivity index (χ2n) is 4.10. The van der Waals surface area contributed by atoms with Gasteiger partial charge in [0.15, 0.2) is 11.2 Å². The lowest BCUT2D eigenvalue weighted by atomic mass is 10.2. The van der Waals surface area contributed by atoms with Gasteiger partial charge >= 0.3 is 0 Å². The molecule has 0 saturated heterocycles. The Hall–Kier alpha value is -2.67. The monoisotopic (exact) mass is 256 g/mol. The van der Waals surface area contributed by atoms with Gasteiger partial charge in [-0.3, -0.25) is 9.36 Å². The highest BCUT2D eigenvalue weighted by atomic mass is 16.1. The first-order chi connectivity index (χ1) is 9.18. The molecule has 1 atom stereocenters. The van der Waals surface area contributed by atoms with Gasteiger partial charge in [0.25, 0.3) is 5.56 Å². The molecule has 7 heteroatoms. The van der Waals surface area contributed by atoms with Crippen LogP contribution in [0.5, 0.6) is 0 Å². The lowest BCUT2D eigenvalue weighted by molar-refractivity contribution is 0.592. The lowest BCUT2D eigenvalue weighted by Gasteiger charge is -2.16. The molecule has 5 N–H and O–H groups in total. The number of nitrogens with two attached hydrogens (primary N) is 2. The second-order valence-corrected chi connectivity index (χ2v) is 4.10. The van der Waals surface area contributed by atoms with Crippen LogP contribution in [0, 0.1) is 0 Å². The van der Waals surface area contributed by atoms with Crippen LogP contribution in [-0.2, 0) is 0 Å². The highest BCUT2D eigenvalue weighted by molar-refractivity contribution is 5.69. The van der Waals surface area contributed by atoms with E-state index in [9.17, 15) is 4.79 Å². The Labute approximate surface area is 107 Å². The molecular formula is C12H12N6O. The topological polar surface area (TPSA) is 116 Å². The Bertz CT molecular complexity index is 776. The number of rotatable bonds is 2. The number of benzene rings is 1. The highest BCUT2D eigenvalue weighted by Crippen LogP contribution is 2.14. The summed E-state index contributed by atoms with van der Waals surface area (Å²) in [5.41, 5.74) is 12.9. The van der Waals surface area contributed by atoms with E-state index in [-0.39, 0.29) is 11.5 Å². The van der Waals surface area contributed by atoms with E-state index < -0.39 is 6.17 Å². The quantitative estimate of drug-likeness (QED) is 0.606. The van der Waals surface area contributed by atoms with Crippen molar-refractivity contribution in [3.8, 4) is 0 Å². The first-order valence-corrected chi connectivity index (χ1v) is 5.70. The van der Waals surface area contributed by atoms with Crippen molar-refractivity contribution in [3.05, 3.63) is 52.6 Å². The molecule has 1 aromatic carbocycles. The largest absolute Gasteiger partial charge is 0.369 e. The van der Waals surface area contributed by atoms with Gasteiger partial charge in [-0.05, 0) is 5.56 Å². The third kappa shape index (κ3) is 1.76. The molecule has 19 heavy (non-hydrogen) atoms. The Morgan fingerprint density at radius 2 is 2.00 bits per heavy atom. The third-order valence-corrected chi connectivity index (χ3v) is 2.94. The van der Waals surface area contributed by atoms with Crippen molar-refractivity contribution in [2.45, 2.75) is 6.17 Å². The van der Waals surface area contributed by atoms with Gasteiger partial charge in [-0.25, -0.2) is 4.98 Å². The van der Waals surface area contributed by atoms with Crippen LogP contribution in [0.15, 0.2) is 41.5 Å². The maximum absolute atomic E-state index is 12.3. The normalized spacial score (nSPS) is 12.7. The number of aromatic amines is 1. The zero-order valence-electron chi connectivity index (χ0n) is 9.95. The van der Waals surface area contributed by atoms with Crippen LogP contribution in [-0.4, -0.2) is 19.5 Å². The fourth-order valence-corrected chi connectivity index (χ4v) is 1.98. The van der Waals surface area contributed by atoms with Crippen molar-refractivity contribution in [2.75, 3.05) is 5.73 Å². The van der Waals surface area contributed by atoms with Crippen LogP contribution >= 0.6 is 0 Å². The number of H-pyrrole nitrogens is 1. The molecule has 0 spiro atoms. The molecule has 7 nitrogen and oxygen atoms in total. The minimum absolute atomic E-state index is 0.0425. The van der Waals surface area contributed by atoms with Crippen LogP contribution in [0.4, 0.5) is 5.95 Å².